The Morgan fingerprint density at radius 2 is 1.44 bits per heavy atom. The van der Waals surface area contributed by atoms with Crippen molar-refractivity contribution in [2.75, 3.05) is 0 Å². The van der Waals surface area contributed by atoms with E-state index in [1.807, 2.05) is 0 Å². The average Bonchev–Trinajstić information content (AvgIpc) is 2.79. The molecule has 0 N–H and O–H groups in total. The maximum absolute atomic E-state index is 6.52. The summed E-state index contributed by atoms with van der Waals surface area (Å²) in [5.41, 5.74) is 2.56. The number of benzene rings is 1. The SMILES string of the molecule is C=C(C)C(CC)c1ccc(OC(CC(C2CCCCC2)C2CCCCC2)OC(C)C)cc1. The monoisotopic (exact) mass is 440 g/mol. The van der Waals surface area contributed by atoms with Crippen molar-refractivity contribution < 1.29 is 9.47 Å². The van der Waals surface area contributed by atoms with E-state index in [2.05, 4.69) is 58.5 Å². The molecule has 0 spiro atoms. The third-order valence-electron chi connectivity index (χ3n) is 7.95. The molecule has 1 aromatic carbocycles. The Labute approximate surface area is 198 Å². The molecule has 180 valence electrons. The van der Waals surface area contributed by atoms with Crippen LogP contribution >= 0.6 is 0 Å². The van der Waals surface area contributed by atoms with Crippen LogP contribution in [0.3, 0.4) is 0 Å². The maximum atomic E-state index is 6.52. The predicted octanol–water partition coefficient (Wildman–Crippen LogP) is 9.05. The van der Waals surface area contributed by atoms with Crippen LogP contribution in [-0.4, -0.2) is 12.4 Å². The van der Waals surface area contributed by atoms with Crippen molar-refractivity contribution in [1.82, 2.24) is 0 Å². The van der Waals surface area contributed by atoms with E-state index in [4.69, 9.17) is 9.47 Å². The molecule has 0 aromatic heterocycles. The molecule has 2 nitrogen and oxygen atoms in total. The molecule has 0 aliphatic heterocycles. The quantitative estimate of drug-likeness (QED) is 0.252. The summed E-state index contributed by atoms with van der Waals surface area (Å²) in [4.78, 5) is 0. The maximum Gasteiger partial charge on any atom is 0.200 e. The first kappa shape index (κ1) is 25.3. The molecule has 0 radical (unpaired) electrons. The zero-order valence-corrected chi connectivity index (χ0v) is 21.3. The highest BCUT2D eigenvalue weighted by Gasteiger charge is 2.34. The standard InChI is InChI=1S/C30H48O2/c1-6-28(22(2)3)26-17-19-27(20-18-26)32-30(31-23(4)5)21-29(24-13-9-7-10-14-24)25-15-11-8-12-16-25/h17-20,23-25,28-30H,2,6-16,21H2,1,3-5H3. The lowest BCUT2D eigenvalue weighted by Gasteiger charge is -2.39. The Balaban J connectivity index is 1.72. The smallest absolute Gasteiger partial charge is 0.200 e. The molecule has 2 aliphatic rings. The van der Waals surface area contributed by atoms with Gasteiger partial charge in [-0.05, 0) is 62.6 Å². The largest absolute Gasteiger partial charge is 0.465 e. The molecule has 2 saturated carbocycles. The summed E-state index contributed by atoms with van der Waals surface area (Å²) in [7, 11) is 0. The Hall–Kier alpha value is -1.28. The highest BCUT2D eigenvalue weighted by molar-refractivity contribution is 5.33. The van der Waals surface area contributed by atoms with Gasteiger partial charge in [-0.15, -0.1) is 0 Å². The predicted molar refractivity (Wildman–Crippen MR) is 136 cm³/mol. The van der Waals surface area contributed by atoms with Crippen LogP contribution in [0.5, 0.6) is 5.75 Å². The highest BCUT2D eigenvalue weighted by atomic mass is 16.7. The molecule has 0 heterocycles. The Bertz CT molecular complexity index is 647. The van der Waals surface area contributed by atoms with E-state index >= 15 is 0 Å². The van der Waals surface area contributed by atoms with Crippen LogP contribution in [0.1, 0.15) is 116 Å². The van der Waals surface area contributed by atoms with Gasteiger partial charge in [0, 0.05) is 12.3 Å². The van der Waals surface area contributed by atoms with Gasteiger partial charge in [-0.1, -0.05) is 95.4 Å². The van der Waals surface area contributed by atoms with Crippen molar-refractivity contribution in [1.29, 1.82) is 0 Å². The zero-order valence-electron chi connectivity index (χ0n) is 21.3. The van der Waals surface area contributed by atoms with Crippen molar-refractivity contribution in [2.45, 2.75) is 123 Å². The van der Waals surface area contributed by atoms with Gasteiger partial charge in [0.2, 0.25) is 0 Å². The Kier molecular flexibility index (Phi) is 10.2. The minimum Gasteiger partial charge on any atom is -0.465 e. The van der Waals surface area contributed by atoms with Crippen molar-refractivity contribution >= 4 is 0 Å². The van der Waals surface area contributed by atoms with E-state index in [9.17, 15) is 0 Å². The lowest BCUT2D eigenvalue weighted by molar-refractivity contribution is -0.127. The molecular formula is C30H48O2. The molecule has 2 fully saturated rings. The first-order valence-corrected chi connectivity index (χ1v) is 13.5. The summed E-state index contributed by atoms with van der Waals surface area (Å²) in [6.45, 7) is 12.8. The molecule has 2 heteroatoms. The summed E-state index contributed by atoms with van der Waals surface area (Å²) < 4.78 is 12.9. The van der Waals surface area contributed by atoms with Crippen molar-refractivity contribution in [3.05, 3.63) is 42.0 Å². The van der Waals surface area contributed by atoms with Gasteiger partial charge in [-0.2, -0.15) is 0 Å². The fraction of sp³-hybridized carbons (Fsp3) is 0.733. The molecule has 2 aliphatic carbocycles. The lowest BCUT2D eigenvalue weighted by atomic mass is 9.68. The minimum absolute atomic E-state index is 0.155. The molecule has 1 aromatic rings. The van der Waals surface area contributed by atoms with Crippen LogP contribution in [0, 0.1) is 17.8 Å². The molecule has 0 amide bonds. The van der Waals surface area contributed by atoms with Crippen LogP contribution in [0.15, 0.2) is 36.4 Å². The molecule has 0 bridgehead atoms. The van der Waals surface area contributed by atoms with E-state index in [0.29, 0.717) is 5.92 Å². The van der Waals surface area contributed by atoms with Gasteiger partial charge in [-0.3, -0.25) is 0 Å². The van der Waals surface area contributed by atoms with Crippen LogP contribution in [-0.2, 0) is 4.74 Å². The van der Waals surface area contributed by atoms with Crippen molar-refractivity contribution in [2.24, 2.45) is 17.8 Å². The number of allylic oxidation sites excluding steroid dienone is 1. The van der Waals surface area contributed by atoms with E-state index in [1.165, 1.54) is 75.3 Å². The first-order chi connectivity index (χ1) is 15.5. The number of rotatable bonds is 11. The van der Waals surface area contributed by atoms with Gasteiger partial charge in [0.05, 0.1) is 6.10 Å². The fourth-order valence-corrected chi connectivity index (χ4v) is 6.35. The second-order valence-corrected chi connectivity index (χ2v) is 10.8. The minimum atomic E-state index is -0.155. The molecule has 3 rings (SSSR count). The molecule has 32 heavy (non-hydrogen) atoms. The van der Waals surface area contributed by atoms with Gasteiger partial charge < -0.3 is 9.47 Å². The summed E-state index contributed by atoms with van der Waals surface area (Å²) >= 11 is 0. The van der Waals surface area contributed by atoms with Crippen LogP contribution in [0.2, 0.25) is 0 Å². The lowest BCUT2D eigenvalue weighted by Crippen LogP contribution is -2.34. The van der Waals surface area contributed by atoms with E-state index in [0.717, 1.165) is 36.3 Å². The Morgan fingerprint density at radius 3 is 1.88 bits per heavy atom. The van der Waals surface area contributed by atoms with E-state index in [1.54, 1.807) is 0 Å². The van der Waals surface area contributed by atoms with Gasteiger partial charge in [0.1, 0.15) is 5.75 Å². The number of hydrogen-bond donors (Lipinski definition) is 0. The summed E-state index contributed by atoms with van der Waals surface area (Å²) in [6.07, 6.45) is 16.2. The van der Waals surface area contributed by atoms with E-state index < -0.39 is 0 Å². The molecular weight excluding hydrogens is 392 g/mol. The first-order valence-electron chi connectivity index (χ1n) is 13.5. The average molecular weight is 441 g/mol. The van der Waals surface area contributed by atoms with Crippen LogP contribution in [0.4, 0.5) is 0 Å². The van der Waals surface area contributed by atoms with Crippen molar-refractivity contribution in [3.8, 4) is 5.75 Å². The summed E-state index contributed by atoms with van der Waals surface area (Å²) in [5.74, 6) is 3.82. The van der Waals surface area contributed by atoms with Gasteiger partial charge >= 0.3 is 0 Å². The molecule has 2 atom stereocenters. The van der Waals surface area contributed by atoms with Crippen LogP contribution < -0.4 is 4.74 Å². The third kappa shape index (κ3) is 7.37. The van der Waals surface area contributed by atoms with E-state index in [-0.39, 0.29) is 12.4 Å². The number of ether oxygens (including phenoxy) is 2. The topological polar surface area (TPSA) is 18.5 Å². The molecule has 0 saturated heterocycles. The highest BCUT2D eigenvalue weighted by Crippen LogP contribution is 2.43. The second kappa shape index (κ2) is 12.8. The number of hydrogen-bond acceptors (Lipinski definition) is 2. The molecule has 2 unspecified atom stereocenters. The summed E-state index contributed by atoms with van der Waals surface area (Å²) in [5, 5.41) is 0. The third-order valence-corrected chi connectivity index (χ3v) is 7.95. The van der Waals surface area contributed by atoms with Gasteiger partial charge in [-0.25, -0.2) is 0 Å². The van der Waals surface area contributed by atoms with Crippen LogP contribution in [0.25, 0.3) is 0 Å². The van der Waals surface area contributed by atoms with Gasteiger partial charge in [0.25, 0.3) is 0 Å². The van der Waals surface area contributed by atoms with Crippen molar-refractivity contribution in [3.63, 3.8) is 0 Å². The normalized spacial score (nSPS) is 20.4. The Morgan fingerprint density at radius 1 is 0.906 bits per heavy atom. The second-order valence-electron chi connectivity index (χ2n) is 10.8. The summed E-state index contributed by atoms with van der Waals surface area (Å²) in [6, 6.07) is 8.69. The van der Waals surface area contributed by atoms with Gasteiger partial charge in [0.15, 0.2) is 6.29 Å². The fourth-order valence-electron chi connectivity index (χ4n) is 6.35. The zero-order chi connectivity index (χ0) is 22.9.